The van der Waals surface area contributed by atoms with Crippen LogP contribution >= 0.6 is 0 Å². The number of H-pyrrole nitrogens is 1. The number of aromatic amines is 1. The molecule has 0 saturated carbocycles. The standard InChI is InChI=1S/C27H29N3O12/c1-16(40-24-23(33)21(14-31)42-25(24)29-12-10-22(32)28-26(29)34)39-15-18-4-8-20(9-5-18)41-27(35)38-13-11-17-2-6-19(7-3-17)30(36)37/h2-10,12,16,21,23-25,31,33H,11,13-15H2,1H3,(H,28,32,34)/t16?,21-,23?,24?,25-/m0/s1. The van der Waals surface area contributed by atoms with Crippen LogP contribution in [0.5, 0.6) is 5.75 Å². The van der Waals surface area contributed by atoms with Crippen molar-refractivity contribution in [2.24, 2.45) is 0 Å². The molecule has 1 aliphatic heterocycles. The first-order valence-corrected chi connectivity index (χ1v) is 12.8. The number of hydrogen-bond donors (Lipinski definition) is 3. The van der Waals surface area contributed by atoms with Crippen LogP contribution < -0.4 is 16.0 Å². The molecule has 3 N–H and O–H groups in total. The normalized spacial score (nSPS) is 20.6. The SMILES string of the molecule is CC(OCc1ccc(OC(=O)OCCc2ccc([N+](=O)[O-])cc2)cc1)OC1C(O)[C@H](CO)O[C@@H]1n1ccc(=O)[nH]c1=O. The Morgan fingerprint density at radius 2 is 1.81 bits per heavy atom. The third-order valence-electron chi connectivity index (χ3n) is 6.33. The molecule has 5 atom stereocenters. The molecule has 3 aromatic rings. The minimum Gasteiger partial charge on any atom is -0.434 e. The number of carbonyl (C=O) groups excluding carboxylic acids is 1. The zero-order valence-corrected chi connectivity index (χ0v) is 22.4. The van der Waals surface area contributed by atoms with Crippen molar-refractivity contribution in [1.29, 1.82) is 0 Å². The van der Waals surface area contributed by atoms with Crippen molar-refractivity contribution in [3.8, 4) is 5.75 Å². The second-order valence-electron chi connectivity index (χ2n) is 9.25. The summed E-state index contributed by atoms with van der Waals surface area (Å²) in [6, 6.07) is 13.4. The second-order valence-corrected chi connectivity index (χ2v) is 9.25. The van der Waals surface area contributed by atoms with Crippen LogP contribution in [0.15, 0.2) is 70.4 Å². The van der Waals surface area contributed by atoms with Crippen LogP contribution in [0, 0.1) is 10.1 Å². The number of rotatable bonds is 12. The van der Waals surface area contributed by atoms with Gasteiger partial charge < -0.3 is 33.9 Å². The monoisotopic (exact) mass is 587 g/mol. The zero-order chi connectivity index (χ0) is 30.2. The van der Waals surface area contributed by atoms with E-state index in [0.29, 0.717) is 12.0 Å². The third-order valence-corrected chi connectivity index (χ3v) is 6.33. The molecule has 0 amide bonds. The van der Waals surface area contributed by atoms with E-state index in [1.807, 2.05) is 0 Å². The van der Waals surface area contributed by atoms with Gasteiger partial charge in [0.1, 0.15) is 24.1 Å². The summed E-state index contributed by atoms with van der Waals surface area (Å²) in [5.74, 6) is 0.235. The fraction of sp³-hybridized carbons (Fsp3) is 0.370. The molecular formula is C27H29N3O12. The number of nitrogens with one attached hydrogen (secondary N) is 1. The van der Waals surface area contributed by atoms with E-state index in [4.69, 9.17) is 23.7 Å². The Bertz CT molecular complexity index is 1470. The summed E-state index contributed by atoms with van der Waals surface area (Å²) >= 11 is 0. The van der Waals surface area contributed by atoms with Gasteiger partial charge in [0.15, 0.2) is 12.5 Å². The lowest BCUT2D eigenvalue weighted by molar-refractivity contribution is -0.384. The molecule has 1 saturated heterocycles. The summed E-state index contributed by atoms with van der Waals surface area (Å²) in [6.07, 6.45) is -4.75. The molecule has 15 nitrogen and oxygen atoms in total. The highest BCUT2D eigenvalue weighted by Gasteiger charge is 2.46. The Kier molecular flexibility index (Phi) is 10.2. The number of nitro groups is 1. The van der Waals surface area contributed by atoms with Crippen LogP contribution in [0.4, 0.5) is 10.5 Å². The summed E-state index contributed by atoms with van der Waals surface area (Å²) in [7, 11) is 0. The van der Waals surface area contributed by atoms with Crippen LogP contribution in [0.2, 0.25) is 0 Å². The number of ether oxygens (including phenoxy) is 5. The average molecular weight is 588 g/mol. The average Bonchev–Trinajstić information content (AvgIpc) is 3.27. The number of aromatic nitrogens is 2. The highest BCUT2D eigenvalue weighted by atomic mass is 16.7. The van der Waals surface area contributed by atoms with Crippen LogP contribution in [-0.4, -0.2) is 68.7 Å². The Morgan fingerprint density at radius 3 is 2.45 bits per heavy atom. The smallest absolute Gasteiger partial charge is 0.434 e. The van der Waals surface area contributed by atoms with E-state index in [-0.39, 0.29) is 24.7 Å². The summed E-state index contributed by atoms with van der Waals surface area (Å²) in [6.45, 7) is 1.16. The molecule has 1 aromatic heterocycles. The summed E-state index contributed by atoms with van der Waals surface area (Å²) < 4.78 is 28.4. The van der Waals surface area contributed by atoms with E-state index in [9.17, 15) is 34.7 Å². The van der Waals surface area contributed by atoms with Gasteiger partial charge in [-0.25, -0.2) is 9.59 Å². The maximum absolute atomic E-state index is 12.2. The van der Waals surface area contributed by atoms with Gasteiger partial charge in [0.25, 0.3) is 11.2 Å². The molecule has 1 aliphatic rings. The minimum atomic E-state index is -1.28. The summed E-state index contributed by atoms with van der Waals surface area (Å²) in [5, 5.41) is 30.8. The Balaban J connectivity index is 1.24. The first kappa shape index (κ1) is 30.5. The molecule has 1 fully saturated rings. The van der Waals surface area contributed by atoms with E-state index in [1.165, 1.54) is 18.3 Å². The first-order chi connectivity index (χ1) is 20.1. The van der Waals surface area contributed by atoms with E-state index in [2.05, 4.69) is 4.98 Å². The van der Waals surface area contributed by atoms with Crippen molar-refractivity contribution in [2.45, 2.75) is 50.8 Å². The lowest BCUT2D eigenvalue weighted by Gasteiger charge is -2.25. The maximum atomic E-state index is 12.2. The molecule has 0 aliphatic carbocycles. The maximum Gasteiger partial charge on any atom is 0.513 e. The first-order valence-electron chi connectivity index (χ1n) is 12.8. The summed E-state index contributed by atoms with van der Waals surface area (Å²) in [5.41, 5.74) is 0.0728. The van der Waals surface area contributed by atoms with Crippen LogP contribution in [0.25, 0.3) is 0 Å². The van der Waals surface area contributed by atoms with E-state index in [0.717, 1.165) is 16.2 Å². The lowest BCUT2D eigenvalue weighted by atomic mass is 10.1. The largest absolute Gasteiger partial charge is 0.513 e. The molecule has 0 bridgehead atoms. The van der Waals surface area contributed by atoms with E-state index < -0.39 is 59.8 Å². The van der Waals surface area contributed by atoms with Crippen molar-refractivity contribution in [3.05, 3.63) is 103 Å². The number of nitro benzene ring substituents is 1. The van der Waals surface area contributed by atoms with Crippen LogP contribution in [0.1, 0.15) is 24.3 Å². The van der Waals surface area contributed by atoms with Gasteiger partial charge >= 0.3 is 11.8 Å². The molecule has 224 valence electrons. The van der Waals surface area contributed by atoms with Gasteiger partial charge in [0.2, 0.25) is 0 Å². The van der Waals surface area contributed by atoms with Gasteiger partial charge in [-0.2, -0.15) is 0 Å². The predicted molar refractivity (Wildman–Crippen MR) is 143 cm³/mol. The Morgan fingerprint density at radius 1 is 1.12 bits per heavy atom. The van der Waals surface area contributed by atoms with Gasteiger partial charge in [-0.1, -0.05) is 24.3 Å². The molecule has 2 heterocycles. The van der Waals surface area contributed by atoms with Crippen molar-refractivity contribution in [3.63, 3.8) is 0 Å². The van der Waals surface area contributed by atoms with Gasteiger partial charge in [-0.3, -0.25) is 24.5 Å². The molecule has 0 radical (unpaired) electrons. The van der Waals surface area contributed by atoms with E-state index >= 15 is 0 Å². The number of carbonyl (C=O) groups is 1. The van der Waals surface area contributed by atoms with Crippen LogP contribution in [0.3, 0.4) is 0 Å². The van der Waals surface area contributed by atoms with Gasteiger partial charge in [-0.15, -0.1) is 0 Å². The number of aliphatic hydroxyl groups excluding tert-OH is 2. The fourth-order valence-corrected chi connectivity index (χ4v) is 4.16. The third kappa shape index (κ3) is 7.86. The number of benzene rings is 2. The fourth-order valence-electron chi connectivity index (χ4n) is 4.16. The molecule has 2 aromatic carbocycles. The molecule has 15 heteroatoms. The molecule has 3 unspecified atom stereocenters. The van der Waals surface area contributed by atoms with Gasteiger partial charge in [-0.05, 0) is 30.2 Å². The quantitative estimate of drug-likeness (QED) is 0.0905. The molecular weight excluding hydrogens is 558 g/mol. The van der Waals surface area contributed by atoms with Crippen molar-refractivity contribution in [2.75, 3.05) is 13.2 Å². The lowest BCUT2D eigenvalue weighted by Crippen LogP contribution is -2.41. The number of aliphatic hydroxyl groups is 2. The number of hydrogen-bond acceptors (Lipinski definition) is 12. The second kappa shape index (κ2) is 14.0. The Hall–Kier alpha value is -4.41. The minimum absolute atomic E-state index is 0.0254. The van der Waals surface area contributed by atoms with E-state index in [1.54, 1.807) is 43.3 Å². The van der Waals surface area contributed by atoms with Crippen molar-refractivity contribution in [1.82, 2.24) is 9.55 Å². The van der Waals surface area contributed by atoms with Gasteiger partial charge in [0.05, 0.1) is 24.7 Å². The molecule has 42 heavy (non-hydrogen) atoms. The molecule has 4 rings (SSSR count). The Labute approximate surface area is 237 Å². The highest BCUT2D eigenvalue weighted by Crippen LogP contribution is 2.31. The van der Waals surface area contributed by atoms with Crippen molar-refractivity contribution >= 4 is 11.8 Å². The highest BCUT2D eigenvalue weighted by molar-refractivity contribution is 5.63. The molecule has 0 spiro atoms. The number of non-ortho nitro benzene ring substituents is 1. The van der Waals surface area contributed by atoms with Gasteiger partial charge in [0, 0.05) is 30.8 Å². The van der Waals surface area contributed by atoms with Crippen molar-refractivity contribution < 1.29 is 43.6 Å². The predicted octanol–water partition coefficient (Wildman–Crippen LogP) is 1.40. The summed E-state index contributed by atoms with van der Waals surface area (Å²) in [4.78, 5) is 48.0. The zero-order valence-electron chi connectivity index (χ0n) is 22.4. The topological polar surface area (TPSA) is 202 Å². The number of nitrogens with zero attached hydrogens (tertiary/aromatic N) is 2. The van der Waals surface area contributed by atoms with Crippen LogP contribution in [-0.2, 0) is 32.0 Å².